The first-order valence-corrected chi connectivity index (χ1v) is 5.72. The van der Waals surface area contributed by atoms with E-state index < -0.39 is 0 Å². The fourth-order valence-electron chi connectivity index (χ4n) is 1.89. The molecule has 0 aliphatic carbocycles. The molecule has 1 atom stereocenters. The van der Waals surface area contributed by atoms with Gasteiger partial charge in [-0.1, -0.05) is 0 Å². The minimum absolute atomic E-state index is 0.116. The van der Waals surface area contributed by atoms with Crippen LogP contribution in [0.4, 0.5) is 0 Å². The molecule has 1 aliphatic rings. The van der Waals surface area contributed by atoms with Crippen molar-refractivity contribution in [1.29, 1.82) is 0 Å². The Hall–Kier alpha value is -1.85. The first-order valence-electron chi connectivity index (χ1n) is 5.72. The first-order chi connectivity index (χ1) is 8.13. The van der Waals surface area contributed by atoms with Gasteiger partial charge in [-0.15, -0.1) is 0 Å². The molecule has 0 unspecified atom stereocenters. The molecule has 1 aromatic heterocycles. The average molecular weight is 236 g/mol. The van der Waals surface area contributed by atoms with Gasteiger partial charge in [-0.2, -0.15) is 0 Å². The van der Waals surface area contributed by atoms with Crippen LogP contribution in [0.2, 0.25) is 0 Å². The third-order valence-electron chi connectivity index (χ3n) is 2.95. The summed E-state index contributed by atoms with van der Waals surface area (Å²) < 4.78 is 0. The second-order valence-electron chi connectivity index (χ2n) is 4.14. The molecule has 2 rings (SSSR count). The fraction of sp³-hybridized carbons (Fsp3) is 0.545. The number of carbonyl (C=O) groups is 2. The van der Waals surface area contributed by atoms with Gasteiger partial charge in [0.15, 0.2) is 0 Å². The molecule has 2 heterocycles. The highest BCUT2D eigenvalue weighted by molar-refractivity contribution is 5.94. The number of fused-ring (bicyclic) bond motifs is 1. The van der Waals surface area contributed by atoms with Gasteiger partial charge in [-0.3, -0.25) is 9.59 Å². The number of carbonyl (C=O) groups excluding carboxylic acids is 2. The van der Waals surface area contributed by atoms with Crippen LogP contribution in [0, 0.1) is 0 Å². The zero-order chi connectivity index (χ0) is 12.4. The van der Waals surface area contributed by atoms with Crippen molar-refractivity contribution in [3.05, 3.63) is 17.2 Å². The highest BCUT2D eigenvalue weighted by atomic mass is 16.2. The van der Waals surface area contributed by atoms with E-state index in [0.29, 0.717) is 18.1 Å². The molecule has 2 amide bonds. The largest absolute Gasteiger partial charge is 0.359 e. The van der Waals surface area contributed by atoms with Crippen LogP contribution in [0.3, 0.4) is 0 Å². The normalized spacial score (nSPS) is 16.7. The summed E-state index contributed by atoms with van der Waals surface area (Å²) in [6.07, 6.45) is 1.66. The van der Waals surface area contributed by atoms with Gasteiger partial charge in [-0.05, 0) is 19.8 Å². The third kappa shape index (κ3) is 2.15. The van der Waals surface area contributed by atoms with Crippen LogP contribution in [0.5, 0.6) is 0 Å². The van der Waals surface area contributed by atoms with Gasteiger partial charge in [-0.25, -0.2) is 4.98 Å². The number of aryl methyl sites for hydroxylation is 1. The lowest BCUT2D eigenvalue weighted by molar-refractivity contribution is -0.121. The van der Waals surface area contributed by atoms with Crippen molar-refractivity contribution in [2.75, 3.05) is 13.6 Å². The molecule has 6 heteroatoms. The minimum atomic E-state index is -0.375. The molecule has 3 N–H and O–H groups in total. The van der Waals surface area contributed by atoms with Crippen molar-refractivity contribution < 1.29 is 9.59 Å². The van der Waals surface area contributed by atoms with Crippen LogP contribution in [-0.2, 0) is 11.2 Å². The van der Waals surface area contributed by atoms with Crippen LogP contribution in [-0.4, -0.2) is 35.4 Å². The monoisotopic (exact) mass is 236 g/mol. The van der Waals surface area contributed by atoms with Crippen molar-refractivity contribution in [3.63, 3.8) is 0 Å². The average Bonchev–Trinajstić information content (AvgIpc) is 2.69. The summed E-state index contributed by atoms with van der Waals surface area (Å²) in [5, 5.41) is 5.34. The molecular formula is C11H16N4O2. The quantitative estimate of drug-likeness (QED) is 0.672. The third-order valence-corrected chi connectivity index (χ3v) is 2.95. The van der Waals surface area contributed by atoms with E-state index in [0.717, 1.165) is 18.5 Å². The molecule has 0 bridgehead atoms. The number of rotatable bonds is 2. The van der Waals surface area contributed by atoms with Gasteiger partial charge in [0, 0.05) is 19.3 Å². The number of hydrogen-bond acceptors (Lipinski definition) is 3. The number of amides is 2. The Morgan fingerprint density at radius 3 is 3.00 bits per heavy atom. The summed E-state index contributed by atoms with van der Waals surface area (Å²) in [5.74, 6) is -0.107. The maximum atomic E-state index is 11.7. The van der Waals surface area contributed by atoms with Crippen molar-refractivity contribution >= 4 is 11.8 Å². The smallest absolute Gasteiger partial charge is 0.271 e. The number of aromatic nitrogens is 2. The zero-order valence-electron chi connectivity index (χ0n) is 9.96. The van der Waals surface area contributed by atoms with Gasteiger partial charge >= 0.3 is 0 Å². The molecule has 92 valence electrons. The summed E-state index contributed by atoms with van der Waals surface area (Å²) in [6, 6.07) is 0. The van der Waals surface area contributed by atoms with E-state index in [1.54, 1.807) is 14.0 Å². The fourth-order valence-corrected chi connectivity index (χ4v) is 1.89. The summed E-state index contributed by atoms with van der Waals surface area (Å²) in [5.41, 5.74) is 1.25. The molecule has 6 nitrogen and oxygen atoms in total. The predicted octanol–water partition coefficient (Wildman–Crippen LogP) is -0.0648. The van der Waals surface area contributed by atoms with Crippen LogP contribution >= 0.6 is 0 Å². The van der Waals surface area contributed by atoms with Gasteiger partial charge in [0.1, 0.15) is 11.5 Å². The van der Waals surface area contributed by atoms with Crippen molar-refractivity contribution in [2.45, 2.75) is 25.7 Å². The lowest BCUT2D eigenvalue weighted by atomic mass is 10.1. The van der Waals surface area contributed by atoms with Gasteiger partial charge < -0.3 is 15.6 Å². The minimum Gasteiger partial charge on any atom is -0.359 e. The second kappa shape index (κ2) is 4.57. The van der Waals surface area contributed by atoms with Crippen molar-refractivity contribution in [1.82, 2.24) is 20.6 Å². The standard InChI is InChI=1S/C11H16N4O2/c1-6(10(16)12-2)9-14-7-4-3-5-13-11(17)8(7)15-9/h6H,3-5H2,1-2H3,(H,12,16)(H,13,17)(H,14,15)/t6-/m0/s1. The van der Waals surface area contributed by atoms with Gasteiger partial charge in [0.2, 0.25) is 5.91 Å². The second-order valence-corrected chi connectivity index (χ2v) is 4.14. The Labute approximate surface area is 99.2 Å². The Morgan fingerprint density at radius 1 is 1.53 bits per heavy atom. The molecule has 1 aliphatic heterocycles. The Kier molecular flexibility index (Phi) is 3.12. The Morgan fingerprint density at radius 2 is 2.29 bits per heavy atom. The van der Waals surface area contributed by atoms with E-state index in [4.69, 9.17) is 0 Å². The van der Waals surface area contributed by atoms with Crippen molar-refractivity contribution in [2.24, 2.45) is 0 Å². The number of hydrogen-bond donors (Lipinski definition) is 3. The summed E-state index contributed by atoms with van der Waals surface area (Å²) in [6.45, 7) is 2.43. The highest BCUT2D eigenvalue weighted by Gasteiger charge is 2.24. The zero-order valence-corrected chi connectivity index (χ0v) is 9.96. The van der Waals surface area contributed by atoms with Crippen LogP contribution in [0.1, 0.15) is 41.3 Å². The maximum Gasteiger partial charge on any atom is 0.271 e. The Bertz CT molecular complexity index is 452. The van der Waals surface area contributed by atoms with Gasteiger partial charge in [0.05, 0.1) is 5.92 Å². The first kappa shape index (κ1) is 11.6. The molecule has 0 radical (unpaired) electrons. The number of likely N-dealkylation sites (N-methyl/N-ethyl adjacent to an activating group) is 1. The van der Waals surface area contributed by atoms with Crippen molar-refractivity contribution in [3.8, 4) is 0 Å². The molecule has 0 saturated heterocycles. The molecular weight excluding hydrogens is 220 g/mol. The van der Waals surface area contributed by atoms with Gasteiger partial charge in [0.25, 0.3) is 5.91 Å². The van der Waals surface area contributed by atoms with Crippen LogP contribution in [0.25, 0.3) is 0 Å². The van der Waals surface area contributed by atoms with E-state index in [-0.39, 0.29) is 17.7 Å². The summed E-state index contributed by atoms with van der Waals surface area (Å²) in [7, 11) is 1.58. The SMILES string of the molecule is CNC(=O)[C@@H](C)c1nc2c([nH]1)CCCNC2=O. The number of imidazole rings is 1. The number of aromatic amines is 1. The Balaban J connectivity index is 2.31. The summed E-state index contributed by atoms with van der Waals surface area (Å²) >= 11 is 0. The van der Waals surface area contributed by atoms with Crippen LogP contribution < -0.4 is 10.6 Å². The number of nitrogens with zero attached hydrogens (tertiary/aromatic N) is 1. The molecule has 17 heavy (non-hydrogen) atoms. The van der Waals surface area contributed by atoms with E-state index in [1.807, 2.05) is 0 Å². The van der Waals surface area contributed by atoms with Crippen LogP contribution in [0.15, 0.2) is 0 Å². The molecule has 0 aromatic carbocycles. The lowest BCUT2D eigenvalue weighted by Gasteiger charge is -2.06. The predicted molar refractivity (Wildman–Crippen MR) is 61.7 cm³/mol. The molecule has 0 fully saturated rings. The van der Waals surface area contributed by atoms with E-state index in [1.165, 1.54) is 0 Å². The molecule has 1 aromatic rings. The van der Waals surface area contributed by atoms with E-state index in [2.05, 4.69) is 20.6 Å². The topological polar surface area (TPSA) is 86.9 Å². The van der Waals surface area contributed by atoms with E-state index in [9.17, 15) is 9.59 Å². The number of nitrogens with one attached hydrogen (secondary N) is 3. The number of H-pyrrole nitrogens is 1. The maximum absolute atomic E-state index is 11.7. The van der Waals surface area contributed by atoms with E-state index >= 15 is 0 Å². The molecule has 0 spiro atoms. The lowest BCUT2D eigenvalue weighted by Crippen LogP contribution is -2.25. The summed E-state index contributed by atoms with van der Waals surface area (Å²) in [4.78, 5) is 30.5. The highest BCUT2D eigenvalue weighted by Crippen LogP contribution is 2.17. The molecule has 0 saturated carbocycles.